The van der Waals surface area contributed by atoms with Crippen molar-refractivity contribution in [3.05, 3.63) is 54.9 Å². The van der Waals surface area contributed by atoms with Crippen LogP contribution < -0.4 is 4.74 Å². The molecule has 0 radical (unpaired) electrons. The van der Waals surface area contributed by atoms with E-state index in [9.17, 15) is 5.11 Å². The average molecular weight is 393 g/mol. The lowest BCUT2D eigenvalue weighted by Gasteiger charge is -2.36. The SMILES string of the molecule is C[C@@H]1CN(CC(O)COc2ccc3ccc(-c4ccnnc4)cc3c2)C[C@H](C)O1. The molecule has 0 saturated carbocycles. The van der Waals surface area contributed by atoms with E-state index in [4.69, 9.17) is 9.47 Å². The summed E-state index contributed by atoms with van der Waals surface area (Å²) in [5, 5.41) is 20.4. The third-order valence-corrected chi connectivity index (χ3v) is 5.14. The average Bonchev–Trinajstić information content (AvgIpc) is 2.71. The number of morpholine rings is 1. The van der Waals surface area contributed by atoms with Gasteiger partial charge in [-0.05, 0) is 54.4 Å². The third kappa shape index (κ3) is 5.09. The second-order valence-corrected chi connectivity index (χ2v) is 7.80. The quantitative estimate of drug-likeness (QED) is 0.694. The summed E-state index contributed by atoms with van der Waals surface area (Å²) in [5.74, 6) is 0.755. The molecule has 1 saturated heterocycles. The van der Waals surface area contributed by atoms with Crippen molar-refractivity contribution in [2.75, 3.05) is 26.2 Å². The molecule has 0 amide bonds. The van der Waals surface area contributed by atoms with Crippen LogP contribution in [0.1, 0.15) is 13.8 Å². The number of fused-ring (bicyclic) bond motifs is 1. The molecule has 0 bridgehead atoms. The van der Waals surface area contributed by atoms with Crippen LogP contribution in [0.5, 0.6) is 5.75 Å². The minimum absolute atomic E-state index is 0.192. The van der Waals surface area contributed by atoms with Crippen LogP contribution in [0.2, 0.25) is 0 Å². The summed E-state index contributed by atoms with van der Waals surface area (Å²) < 4.78 is 11.6. The number of benzene rings is 2. The zero-order valence-corrected chi connectivity index (χ0v) is 16.9. The highest BCUT2D eigenvalue weighted by atomic mass is 16.5. The molecule has 29 heavy (non-hydrogen) atoms. The predicted octanol–water partition coefficient (Wildman–Crippen LogP) is 3.15. The molecule has 4 rings (SSSR count). The van der Waals surface area contributed by atoms with Crippen molar-refractivity contribution >= 4 is 10.8 Å². The summed E-state index contributed by atoms with van der Waals surface area (Å²) in [6.07, 6.45) is 3.29. The first-order chi connectivity index (χ1) is 14.1. The number of ether oxygens (including phenoxy) is 2. The van der Waals surface area contributed by atoms with Gasteiger partial charge < -0.3 is 14.6 Å². The van der Waals surface area contributed by atoms with E-state index in [2.05, 4.69) is 47.1 Å². The lowest BCUT2D eigenvalue weighted by Crippen LogP contribution is -2.48. The summed E-state index contributed by atoms with van der Waals surface area (Å²) in [6.45, 7) is 6.66. The number of aromatic nitrogens is 2. The monoisotopic (exact) mass is 393 g/mol. The number of aliphatic hydroxyl groups is 1. The molecule has 2 aromatic carbocycles. The Balaban J connectivity index is 1.40. The Morgan fingerprint density at radius 2 is 1.83 bits per heavy atom. The molecule has 1 fully saturated rings. The fourth-order valence-electron chi connectivity index (χ4n) is 3.93. The van der Waals surface area contributed by atoms with Crippen LogP contribution in [-0.2, 0) is 4.74 Å². The number of aliphatic hydroxyl groups excluding tert-OH is 1. The van der Waals surface area contributed by atoms with Crippen LogP contribution in [0, 0.1) is 0 Å². The van der Waals surface area contributed by atoms with Gasteiger partial charge >= 0.3 is 0 Å². The fraction of sp³-hybridized carbons (Fsp3) is 0.391. The Morgan fingerprint density at radius 3 is 2.59 bits per heavy atom. The maximum absolute atomic E-state index is 10.4. The number of nitrogens with zero attached hydrogens (tertiary/aromatic N) is 3. The Bertz CT molecular complexity index is 941. The van der Waals surface area contributed by atoms with Gasteiger partial charge in [0.2, 0.25) is 0 Å². The number of hydrogen-bond donors (Lipinski definition) is 1. The van der Waals surface area contributed by atoms with Crippen molar-refractivity contribution in [2.45, 2.75) is 32.2 Å². The first-order valence-electron chi connectivity index (χ1n) is 10.1. The standard InChI is InChI=1S/C23H27N3O3/c1-16-12-26(13-17(2)29-16)14-22(27)15-28-23-6-5-18-3-4-19(9-21(18)10-23)20-7-8-24-25-11-20/h3-11,16-17,22,27H,12-15H2,1-2H3/t16-,17+,22?. The molecule has 1 unspecified atom stereocenters. The lowest BCUT2D eigenvalue weighted by atomic mass is 10.0. The lowest BCUT2D eigenvalue weighted by molar-refractivity contribution is -0.0786. The molecule has 6 nitrogen and oxygen atoms in total. The van der Waals surface area contributed by atoms with Crippen LogP contribution in [0.4, 0.5) is 0 Å². The Hall–Kier alpha value is -2.54. The maximum Gasteiger partial charge on any atom is 0.120 e. The van der Waals surface area contributed by atoms with Gasteiger partial charge in [0.1, 0.15) is 18.5 Å². The highest BCUT2D eigenvalue weighted by molar-refractivity contribution is 5.88. The number of rotatable bonds is 6. The van der Waals surface area contributed by atoms with Gasteiger partial charge in [0.25, 0.3) is 0 Å². The summed E-state index contributed by atoms with van der Waals surface area (Å²) in [6, 6.07) is 14.2. The summed E-state index contributed by atoms with van der Waals surface area (Å²) in [5.41, 5.74) is 2.11. The molecule has 3 aromatic rings. The van der Waals surface area contributed by atoms with Crippen molar-refractivity contribution in [3.8, 4) is 16.9 Å². The molecular formula is C23H27N3O3. The molecule has 6 heteroatoms. The molecule has 2 heterocycles. The van der Waals surface area contributed by atoms with Crippen molar-refractivity contribution in [1.82, 2.24) is 15.1 Å². The van der Waals surface area contributed by atoms with Gasteiger partial charge in [-0.25, -0.2) is 0 Å². The normalized spacial score (nSPS) is 21.2. The Kier molecular flexibility index (Phi) is 6.04. The van der Waals surface area contributed by atoms with Crippen molar-refractivity contribution in [3.63, 3.8) is 0 Å². The van der Waals surface area contributed by atoms with Gasteiger partial charge in [0, 0.05) is 25.2 Å². The molecule has 0 spiro atoms. The molecular weight excluding hydrogens is 366 g/mol. The van der Waals surface area contributed by atoms with Gasteiger partial charge in [-0.15, -0.1) is 0 Å². The third-order valence-electron chi connectivity index (χ3n) is 5.14. The first kappa shape index (κ1) is 19.8. The van der Waals surface area contributed by atoms with Crippen LogP contribution in [0.15, 0.2) is 54.9 Å². The zero-order valence-electron chi connectivity index (χ0n) is 16.9. The Labute approximate surface area is 171 Å². The molecule has 1 aliphatic rings. The smallest absolute Gasteiger partial charge is 0.120 e. The molecule has 1 aliphatic heterocycles. The van der Waals surface area contributed by atoms with E-state index >= 15 is 0 Å². The second-order valence-electron chi connectivity index (χ2n) is 7.80. The molecule has 1 aromatic heterocycles. The van der Waals surface area contributed by atoms with Crippen molar-refractivity contribution in [2.24, 2.45) is 0 Å². The summed E-state index contributed by atoms with van der Waals surface area (Å²) in [7, 11) is 0. The largest absolute Gasteiger partial charge is 0.491 e. The first-order valence-corrected chi connectivity index (χ1v) is 10.1. The minimum atomic E-state index is -0.544. The van der Waals surface area contributed by atoms with Gasteiger partial charge in [-0.2, -0.15) is 10.2 Å². The zero-order chi connectivity index (χ0) is 20.2. The van der Waals surface area contributed by atoms with Crippen molar-refractivity contribution in [1.29, 1.82) is 0 Å². The predicted molar refractivity (Wildman–Crippen MR) is 113 cm³/mol. The van der Waals surface area contributed by atoms with E-state index in [1.165, 1.54) is 0 Å². The molecule has 1 N–H and O–H groups in total. The topological polar surface area (TPSA) is 67.7 Å². The number of β-amino-alcohol motifs (C(OH)–C–C–N with tert-alkyl or cyclic N) is 1. The van der Waals surface area contributed by atoms with Gasteiger partial charge in [-0.3, -0.25) is 4.90 Å². The van der Waals surface area contributed by atoms with Crippen LogP contribution in [0.25, 0.3) is 21.9 Å². The van der Waals surface area contributed by atoms with Gasteiger partial charge in [-0.1, -0.05) is 18.2 Å². The highest BCUT2D eigenvalue weighted by Gasteiger charge is 2.23. The maximum atomic E-state index is 10.4. The summed E-state index contributed by atoms with van der Waals surface area (Å²) in [4.78, 5) is 2.24. The van der Waals surface area contributed by atoms with Crippen molar-refractivity contribution < 1.29 is 14.6 Å². The molecule has 152 valence electrons. The second kappa shape index (κ2) is 8.86. The Morgan fingerprint density at radius 1 is 1.03 bits per heavy atom. The van der Waals surface area contributed by atoms with Crippen LogP contribution in [0.3, 0.4) is 0 Å². The van der Waals surface area contributed by atoms with Gasteiger partial charge in [0.05, 0.1) is 24.6 Å². The van der Waals surface area contributed by atoms with E-state index < -0.39 is 6.10 Å². The van der Waals surface area contributed by atoms with E-state index in [0.717, 1.165) is 40.7 Å². The van der Waals surface area contributed by atoms with E-state index in [-0.39, 0.29) is 18.8 Å². The minimum Gasteiger partial charge on any atom is -0.491 e. The highest BCUT2D eigenvalue weighted by Crippen LogP contribution is 2.26. The number of hydrogen-bond acceptors (Lipinski definition) is 6. The van der Waals surface area contributed by atoms with E-state index in [1.807, 2.05) is 24.3 Å². The molecule has 3 atom stereocenters. The van der Waals surface area contributed by atoms with Crippen LogP contribution in [-0.4, -0.2) is 64.8 Å². The fourth-order valence-corrected chi connectivity index (χ4v) is 3.93. The van der Waals surface area contributed by atoms with Crippen LogP contribution >= 0.6 is 0 Å². The summed E-state index contributed by atoms with van der Waals surface area (Å²) >= 11 is 0. The van der Waals surface area contributed by atoms with Gasteiger partial charge in [0.15, 0.2) is 0 Å². The van der Waals surface area contributed by atoms with E-state index in [0.29, 0.717) is 6.54 Å². The van der Waals surface area contributed by atoms with E-state index in [1.54, 1.807) is 12.4 Å². The molecule has 0 aliphatic carbocycles.